The molecule has 6 nitrogen and oxygen atoms in total. The minimum absolute atomic E-state index is 0.285. The van der Waals surface area contributed by atoms with Crippen molar-refractivity contribution in [3.05, 3.63) is 30.3 Å². The standard InChI is InChI=1S/C14H18N2O4/c1-14(2,16-8-9-19-13(16)18)10-15-12(17)20-11-6-4-3-5-7-11/h3-7H,8-10H2,1-2H3,(H,15,17). The number of nitrogens with zero attached hydrogens (tertiary/aromatic N) is 1. The second kappa shape index (κ2) is 5.81. The average Bonchev–Trinajstić information content (AvgIpc) is 2.85. The van der Waals surface area contributed by atoms with Crippen LogP contribution in [0.3, 0.4) is 0 Å². The number of carbonyl (C=O) groups is 2. The largest absolute Gasteiger partial charge is 0.448 e. The molecule has 0 atom stereocenters. The van der Waals surface area contributed by atoms with Crippen molar-refractivity contribution in [2.75, 3.05) is 19.7 Å². The van der Waals surface area contributed by atoms with Gasteiger partial charge in [-0.05, 0) is 26.0 Å². The van der Waals surface area contributed by atoms with Crippen LogP contribution in [0, 0.1) is 0 Å². The molecule has 1 fully saturated rings. The van der Waals surface area contributed by atoms with E-state index >= 15 is 0 Å². The SMILES string of the molecule is CC(C)(CNC(=O)Oc1ccccc1)N1CCOC1=O. The van der Waals surface area contributed by atoms with E-state index in [4.69, 9.17) is 9.47 Å². The van der Waals surface area contributed by atoms with Gasteiger partial charge in [0.15, 0.2) is 0 Å². The number of hydrogen-bond donors (Lipinski definition) is 1. The lowest BCUT2D eigenvalue weighted by Gasteiger charge is -2.33. The summed E-state index contributed by atoms with van der Waals surface area (Å²) in [5, 5.41) is 2.66. The van der Waals surface area contributed by atoms with Gasteiger partial charge in [0.05, 0.1) is 12.1 Å². The van der Waals surface area contributed by atoms with Crippen molar-refractivity contribution in [2.24, 2.45) is 0 Å². The van der Waals surface area contributed by atoms with Crippen molar-refractivity contribution in [3.8, 4) is 5.75 Å². The molecule has 1 N–H and O–H groups in total. The molecule has 108 valence electrons. The predicted molar refractivity (Wildman–Crippen MR) is 72.6 cm³/mol. The van der Waals surface area contributed by atoms with Crippen LogP contribution in [0.4, 0.5) is 9.59 Å². The van der Waals surface area contributed by atoms with Gasteiger partial charge in [0, 0.05) is 6.54 Å². The fourth-order valence-corrected chi connectivity index (χ4v) is 1.96. The number of cyclic esters (lactones) is 1. The van der Waals surface area contributed by atoms with Crippen LogP contribution in [-0.4, -0.2) is 42.3 Å². The molecular formula is C14H18N2O4. The van der Waals surface area contributed by atoms with Gasteiger partial charge in [-0.15, -0.1) is 0 Å². The fourth-order valence-electron chi connectivity index (χ4n) is 1.96. The van der Waals surface area contributed by atoms with Gasteiger partial charge in [-0.2, -0.15) is 0 Å². The highest BCUT2D eigenvalue weighted by molar-refractivity contribution is 5.72. The predicted octanol–water partition coefficient (Wildman–Crippen LogP) is 2.01. The van der Waals surface area contributed by atoms with E-state index < -0.39 is 11.6 Å². The van der Waals surface area contributed by atoms with Gasteiger partial charge in [0.1, 0.15) is 12.4 Å². The lowest BCUT2D eigenvalue weighted by Crippen LogP contribution is -2.52. The Labute approximate surface area is 117 Å². The second-order valence-corrected chi connectivity index (χ2v) is 5.13. The van der Waals surface area contributed by atoms with Crippen LogP contribution in [0.1, 0.15) is 13.8 Å². The molecule has 0 spiro atoms. The molecule has 0 aromatic heterocycles. The summed E-state index contributed by atoms with van der Waals surface area (Å²) in [6.07, 6.45) is -0.898. The highest BCUT2D eigenvalue weighted by Gasteiger charge is 2.36. The molecule has 1 aliphatic rings. The molecule has 0 radical (unpaired) electrons. The summed E-state index contributed by atoms with van der Waals surface area (Å²) in [5.74, 6) is 0.475. The Kier molecular flexibility index (Phi) is 4.12. The molecular weight excluding hydrogens is 260 g/mol. The Balaban J connectivity index is 1.85. The maximum Gasteiger partial charge on any atom is 0.412 e. The van der Waals surface area contributed by atoms with Crippen LogP contribution in [0.15, 0.2) is 30.3 Å². The minimum Gasteiger partial charge on any atom is -0.448 e. The maximum absolute atomic E-state index is 11.7. The van der Waals surface area contributed by atoms with Gasteiger partial charge in [0.2, 0.25) is 0 Å². The summed E-state index contributed by atoms with van der Waals surface area (Å²) >= 11 is 0. The van der Waals surface area contributed by atoms with E-state index in [2.05, 4.69) is 5.32 Å². The zero-order valence-corrected chi connectivity index (χ0v) is 11.6. The van der Waals surface area contributed by atoms with Crippen molar-refractivity contribution in [1.29, 1.82) is 0 Å². The first-order chi connectivity index (χ1) is 9.49. The number of carbonyl (C=O) groups excluding carboxylic acids is 2. The van der Waals surface area contributed by atoms with Gasteiger partial charge in [0.25, 0.3) is 0 Å². The molecule has 0 unspecified atom stereocenters. The van der Waals surface area contributed by atoms with Gasteiger partial charge in [-0.3, -0.25) is 4.90 Å². The molecule has 2 rings (SSSR count). The van der Waals surface area contributed by atoms with Crippen molar-refractivity contribution in [1.82, 2.24) is 10.2 Å². The zero-order valence-electron chi connectivity index (χ0n) is 11.6. The average molecular weight is 278 g/mol. The molecule has 0 aliphatic carbocycles. The van der Waals surface area contributed by atoms with Crippen molar-refractivity contribution in [3.63, 3.8) is 0 Å². The lowest BCUT2D eigenvalue weighted by atomic mass is 10.0. The third-order valence-electron chi connectivity index (χ3n) is 3.11. The van der Waals surface area contributed by atoms with Crippen LogP contribution in [0.2, 0.25) is 0 Å². The number of ether oxygens (including phenoxy) is 2. The van der Waals surface area contributed by atoms with Crippen molar-refractivity contribution >= 4 is 12.2 Å². The van der Waals surface area contributed by atoms with Gasteiger partial charge in [-0.1, -0.05) is 18.2 Å². The van der Waals surface area contributed by atoms with E-state index in [1.807, 2.05) is 19.9 Å². The Morgan fingerprint density at radius 1 is 1.40 bits per heavy atom. The topological polar surface area (TPSA) is 67.9 Å². The summed E-state index contributed by atoms with van der Waals surface area (Å²) in [5.41, 5.74) is -0.525. The molecule has 1 aromatic carbocycles. The van der Waals surface area contributed by atoms with E-state index in [-0.39, 0.29) is 12.6 Å². The van der Waals surface area contributed by atoms with E-state index in [9.17, 15) is 9.59 Å². The molecule has 1 saturated heterocycles. The summed E-state index contributed by atoms with van der Waals surface area (Å²) < 4.78 is 10.0. The first-order valence-corrected chi connectivity index (χ1v) is 6.44. The number of benzene rings is 1. The summed E-state index contributed by atoms with van der Waals surface area (Å²) in [6, 6.07) is 8.80. The number of nitrogens with one attached hydrogen (secondary N) is 1. The van der Waals surface area contributed by atoms with Crippen LogP contribution in [0.5, 0.6) is 5.75 Å². The third-order valence-corrected chi connectivity index (χ3v) is 3.11. The molecule has 1 heterocycles. The third kappa shape index (κ3) is 3.40. The monoisotopic (exact) mass is 278 g/mol. The Hall–Kier alpha value is -2.24. The molecule has 20 heavy (non-hydrogen) atoms. The normalized spacial score (nSPS) is 14.9. The molecule has 2 amide bonds. The first-order valence-electron chi connectivity index (χ1n) is 6.44. The van der Waals surface area contributed by atoms with Crippen molar-refractivity contribution in [2.45, 2.75) is 19.4 Å². The summed E-state index contributed by atoms with van der Waals surface area (Å²) in [6.45, 7) is 4.93. The van der Waals surface area contributed by atoms with Crippen LogP contribution in [0.25, 0.3) is 0 Å². The van der Waals surface area contributed by atoms with E-state index in [1.165, 1.54) is 0 Å². The quantitative estimate of drug-likeness (QED) is 0.914. The molecule has 6 heteroatoms. The van der Waals surface area contributed by atoms with E-state index in [1.54, 1.807) is 29.2 Å². The van der Waals surface area contributed by atoms with Gasteiger partial charge in [-0.25, -0.2) is 9.59 Å². The maximum atomic E-state index is 11.7. The van der Waals surface area contributed by atoms with Crippen LogP contribution >= 0.6 is 0 Å². The number of hydrogen-bond acceptors (Lipinski definition) is 4. The van der Waals surface area contributed by atoms with Gasteiger partial charge < -0.3 is 14.8 Å². The number of rotatable bonds is 4. The summed E-state index contributed by atoms with van der Waals surface area (Å²) in [7, 11) is 0. The zero-order chi connectivity index (χ0) is 14.6. The molecule has 0 saturated carbocycles. The summed E-state index contributed by atoms with van der Waals surface area (Å²) in [4.78, 5) is 24.8. The van der Waals surface area contributed by atoms with Crippen LogP contribution < -0.4 is 10.1 Å². The van der Waals surface area contributed by atoms with Crippen LogP contribution in [-0.2, 0) is 4.74 Å². The van der Waals surface area contributed by atoms with E-state index in [0.29, 0.717) is 18.9 Å². The Morgan fingerprint density at radius 3 is 2.70 bits per heavy atom. The fraction of sp³-hybridized carbons (Fsp3) is 0.429. The first kappa shape index (κ1) is 14.2. The molecule has 0 bridgehead atoms. The molecule has 1 aromatic rings. The molecule has 1 aliphatic heterocycles. The van der Waals surface area contributed by atoms with Gasteiger partial charge >= 0.3 is 12.2 Å². The number of para-hydroxylation sites is 1. The van der Waals surface area contributed by atoms with Crippen molar-refractivity contribution < 1.29 is 19.1 Å². The smallest absolute Gasteiger partial charge is 0.412 e. The Morgan fingerprint density at radius 2 is 2.10 bits per heavy atom. The highest BCUT2D eigenvalue weighted by atomic mass is 16.6. The Bertz CT molecular complexity index is 487. The number of amides is 2. The second-order valence-electron chi connectivity index (χ2n) is 5.13. The minimum atomic E-state index is -0.545. The van der Waals surface area contributed by atoms with E-state index in [0.717, 1.165) is 0 Å². The lowest BCUT2D eigenvalue weighted by molar-refractivity contribution is 0.123. The highest BCUT2D eigenvalue weighted by Crippen LogP contribution is 2.18.